The van der Waals surface area contributed by atoms with Crippen molar-refractivity contribution in [2.75, 3.05) is 6.61 Å². The highest BCUT2D eigenvalue weighted by Gasteiger charge is 2.24. The minimum Gasteiger partial charge on any atom is -0.462 e. The van der Waals surface area contributed by atoms with Gasteiger partial charge in [0.15, 0.2) is 0 Å². The van der Waals surface area contributed by atoms with Gasteiger partial charge < -0.3 is 20.3 Å². The highest BCUT2D eigenvalue weighted by molar-refractivity contribution is 5.77. The van der Waals surface area contributed by atoms with Crippen LogP contribution in [0.3, 0.4) is 0 Å². The fourth-order valence-corrected chi connectivity index (χ4v) is 7.20. The fourth-order valence-electron chi connectivity index (χ4n) is 7.20. The number of hydrogen-bond acceptors (Lipinski definition) is 5. The predicted octanol–water partition coefficient (Wildman–Crippen LogP) is 16.1. The Balaban J connectivity index is 4.81. The van der Waals surface area contributed by atoms with Gasteiger partial charge in [-0.15, -0.1) is 0 Å². The zero-order valence-electron chi connectivity index (χ0n) is 41.8. The molecular weight excluding hydrogens is 803 g/mol. The molecule has 368 valence electrons. The van der Waals surface area contributed by atoms with Crippen molar-refractivity contribution in [1.29, 1.82) is 0 Å². The lowest BCUT2D eigenvalue weighted by molar-refractivity contribution is -0.151. The molecule has 1 amide bonds. The van der Waals surface area contributed by atoms with Gasteiger partial charge in [-0.1, -0.05) is 239 Å². The van der Waals surface area contributed by atoms with Crippen LogP contribution in [0.5, 0.6) is 0 Å². The van der Waals surface area contributed by atoms with E-state index >= 15 is 0 Å². The van der Waals surface area contributed by atoms with Gasteiger partial charge in [-0.2, -0.15) is 0 Å². The molecule has 3 atom stereocenters. The lowest BCUT2D eigenvalue weighted by atomic mass is 10.0. The summed E-state index contributed by atoms with van der Waals surface area (Å²) in [6.07, 6.45) is 71.1. The van der Waals surface area contributed by atoms with E-state index in [9.17, 15) is 19.8 Å². The summed E-state index contributed by atoms with van der Waals surface area (Å²) >= 11 is 0. The number of hydrogen-bond donors (Lipinski definition) is 3. The lowest BCUT2D eigenvalue weighted by Gasteiger charge is -2.24. The van der Waals surface area contributed by atoms with Crippen molar-refractivity contribution in [3.63, 3.8) is 0 Å². The Morgan fingerprint density at radius 2 is 0.923 bits per heavy atom. The number of allylic oxidation sites excluding steroid dienone is 20. The predicted molar refractivity (Wildman–Crippen MR) is 282 cm³/mol. The smallest absolute Gasteiger partial charge is 0.306 e. The molecule has 3 N–H and O–H groups in total. The van der Waals surface area contributed by atoms with Crippen LogP contribution in [0, 0.1) is 0 Å². The first-order valence-corrected chi connectivity index (χ1v) is 26.3. The van der Waals surface area contributed by atoms with Crippen molar-refractivity contribution < 1.29 is 24.5 Å². The minimum absolute atomic E-state index is 0.0188. The van der Waals surface area contributed by atoms with E-state index in [-0.39, 0.29) is 24.9 Å². The summed E-state index contributed by atoms with van der Waals surface area (Å²) in [7, 11) is 0. The Labute approximate surface area is 400 Å². The number of unbranched alkanes of at least 4 members (excludes halogenated alkanes) is 17. The van der Waals surface area contributed by atoms with Crippen LogP contribution in [0.4, 0.5) is 0 Å². The van der Waals surface area contributed by atoms with Gasteiger partial charge in [-0.3, -0.25) is 9.59 Å². The van der Waals surface area contributed by atoms with Gasteiger partial charge in [0.2, 0.25) is 5.91 Å². The van der Waals surface area contributed by atoms with Crippen LogP contribution in [0.25, 0.3) is 0 Å². The topological polar surface area (TPSA) is 95.9 Å². The third-order valence-electron chi connectivity index (χ3n) is 11.1. The second-order valence-electron chi connectivity index (χ2n) is 17.3. The zero-order chi connectivity index (χ0) is 47.4. The first kappa shape index (κ1) is 61.3. The summed E-state index contributed by atoms with van der Waals surface area (Å²) < 4.78 is 5.89. The Morgan fingerprint density at radius 3 is 1.45 bits per heavy atom. The Kier molecular flexibility index (Phi) is 48.3. The Bertz CT molecular complexity index is 1380. The van der Waals surface area contributed by atoms with Crippen molar-refractivity contribution >= 4 is 11.9 Å². The van der Waals surface area contributed by atoms with E-state index in [1.165, 1.54) is 64.2 Å². The van der Waals surface area contributed by atoms with Crippen molar-refractivity contribution in [3.8, 4) is 0 Å². The number of carbonyl (C=O) groups excluding carboxylic acids is 2. The molecule has 0 aliphatic heterocycles. The van der Waals surface area contributed by atoms with E-state index in [0.29, 0.717) is 25.7 Å². The van der Waals surface area contributed by atoms with Crippen molar-refractivity contribution in [1.82, 2.24) is 5.32 Å². The minimum atomic E-state index is -0.817. The van der Waals surface area contributed by atoms with Crippen LogP contribution in [0.1, 0.15) is 213 Å². The average Bonchev–Trinajstić information content (AvgIpc) is 3.30. The van der Waals surface area contributed by atoms with Gasteiger partial charge in [0.1, 0.15) is 6.10 Å². The molecule has 6 nitrogen and oxygen atoms in total. The van der Waals surface area contributed by atoms with E-state index in [1.807, 2.05) is 36.5 Å². The Morgan fingerprint density at radius 1 is 0.477 bits per heavy atom. The third-order valence-corrected chi connectivity index (χ3v) is 11.1. The number of nitrogens with one attached hydrogen (secondary N) is 1. The van der Waals surface area contributed by atoms with Crippen molar-refractivity contribution in [3.05, 3.63) is 122 Å². The molecule has 0 aliphatic carbocycles. The molecule has 0 spiro atoms. The molecule has 0 radical (unpaired) electrons. The number of aliphatic hydroxyl groups is 2. The van der Waals surface area contributed by atoms with Crippen molar-refractivity contribution in [2.45, 2.75) is 232 Å². The molecule has 0 fully saturated rings. The highest BCUT2D eigenvalue weighted by atomic mass is 16.5. The quantitative estimate of drug-likeness (QED) is 0.0245. The molecule has 0 bridgehead atoms. The van der Waals surface area contributed by atoms with Gasteiger partial charge in [-0.05, 0) is 83.5 Å². The molecule has 0 aromatic rings. The molecule has 0 saturated heterocycles. The molecule has 0 saturated carbocycles. The summed E-state index contributed by atoms with van der Waals surface area (Å²) in [5.41, 5.74) is 0. The third kappa shape index (κ3) is 46.6. The number of ether oxygens (including phenoxy) is 1. The molecule has 0 rings (SSSR count). The molecule has 0 aromatic heterocycles. The standard InChI is InChI=1S/C59H97NO5/c1-4-7-10-13-16-19-22-25-27-29-31-34-37-40-43-46-49-52-59(64)65-55(50-47-44-41-38-35-33-30-28-26-23-20-17-14-11-8-5-2)53-58(63)60-56(54-61)57(62)51-48-45-42-39-36-32-24-21-18-15-12-9-6-3/h7,10-11,14,16-17,19-20,23,25-28,30-31,33-35,40,43,55-57,61-62H,4-6,8-9,12-13,15,18,21-22,24,29,32,36-39,41-42,44-54H2,1-3H3,(H,60,63)/b10-7-,14-11+,19-16-,20-17+,26-23+,27-25-,30-28+,34-31-,35-33+,43-40-. The van der Waals surface area contributed by atoms with E-state index in [4.69, 9.17) is 4.74 Å². The van der Waals surface area contributed by atoms with E-state index in [0.717, 1.165) is 96.3 Å². The number of aliphatic hydroxyl groups excluding tert-OH is 2. The molecule has 0 aromatic carbocycles. The van der Waals surface area contributed by atoms with E-state index < -0.39 is 18.2 Å². The first-order chi connectivity index (χ1) is 32.0. The maximum absolute atomic E-state index is 13.2. The summed E-state index contributed by atoms with van der Waals surface area (Å²) in [5.74, 6) is -0.596. The molecular formula is C59H97NO5. The van der Waals surface area contributed by atoms with Crippen LogP contribution in [0.15, 0.2) is 122 Å². The molecule has 65 heavy (non-hydrogen) atoms. The Hall–Kier alpha value is -3.74. The molecule has 6 heteroatoms. The first-order valence-electron chi connectivity index (χ1n) is 26.3. The normalized spacial score (nSPS) is 14.2. The maximum Gasteiger partial charge on any atom is 0.306 e. The summed E-state index contributed by atoms with van der Waals surface area (Å²) in [5, 5.41) is 23.8. The number of carbonyl (C=O) groups is 2. The monoisotopic (exact) mass is 900 g/mol. The summed E-state index contributed by atoms with van der Waals surface area (Å²) in [4.78, 5) is 26.2. The van der Waals surface area contributed by atoms with Crippen LogP contribution in [0.2, 0.25) is 0 Å². The second kappa shape index (κ2) is 51.2. The van der Waals surface area contributed by atoms with Gasteiger partial charge in [0, 0.05) is 6.42 Å². The number of esters is 1. The van der Waals surface area contributed by atoms with Crippen LogP contribution in [-0.4, -0.2) is 46.9 Å². The summed E-state index contributed by atoms with van der Waals surface area (Å²) in [6, 6.07) is -0.736. The molecule has 0 heterocycles. The van der Waals surface area contributed by atoms with Gasteiger partial charge in [0.05, 0.1) is 25.2 Å². The van der Waals surface area contributed by atoms with Gasteiger partial charge in [0.25, 0.3) is 0 Å². The van der Waals surface area contributed by atoms with Crippen LogP contribution >= 0.6 is 0 Å². The summed E-state index contributed by atoms with van der Waals surface area (Å²) in [6.45, 7) is 6.25. The molecule has 0 aliphatic rings. The van der Waals surface area contributed by atoms with E-state index in [2.05, 4.69) is 111 Å². The molecule has 3 unspecified atom stereocenters. The number of amides is 1. The highest BCUT2D eigenvalue weighted by Crippen LogP contribution is 2.17. The second-order valence-corrected chi connectivity index (χ2v) is 17.3. The maximum atomic E-state index is 13.2. The SMILES string of the molecule is CC/C=C\C/C=C\C/C=C\C/C=C\C/C=C\CCCC(=O)OC(CCCCC/C=C/C=C/C=C/C=C/C=C/CCC)CC(=O)NC(CO)C(O)CCCCCCCCCCCCCCC. The van der Waals surface area contributed by atoms with Crippen LogP contribution in [-0.2, 0) is 14.3 Å². The zero-order valence-corrected chi connectivity index (χ0v) is 41.8. The van der Waals surface area contributed by atoms with E-state index in [1.54, 1.807) is 0 Å². The van der Waals surface area contributed by atoms with Gasteiger partial charge in [-0.25, -0.2) is 0 Å². The largest absolute Gasteiger partial charge is 0.462 e. The van der Waals surface area contributed by atoms with Crippen molar-refractivity contribution in [2.24, 2.45) is 0 Å². The average molecular weight is 900 g/mol. The number of rotatable bonds is 45. The fraction of sp³-hybridized carbons (Fsp3) is 0.627. The lowest BCUT2D eigenvalue weighted by Crippen LogP contribution is -2.46. The van der Waals surface area contributed by atoms with Crippen LogP contribution < -0.4 is 5.32 Å². The van der Waals surface area contributed by atoms with Gasteiger partial charge >= 0.3 is 5.97 Å².